The van der Waals surface area contributed by atoms with Gasteiger partial charge < -0.3 is 5.11 Å². The third-order valence-corrected chi connectivity index (χ3v) is 3.73. The molecule has 1 N–H and O–H groups in total. The fourth-order valence-electron chi connectivity index (χ4n) is 1.63. The smallest absolute Gasteiger partial charge is 0.147 e. The maximum absolute atomic E-state index is 11.1. The lowest BCUT2D eigenvalue weighted by molar-refractivity contribution is 0.0292. The fraction of sp³-hybridized carbons (Fsp3) is 0.500. The van der Waals surface area contributed by atoms with E-state index >= 15 is 0 Å². The molecule has 0 saturated carbocycles. The molecular formula is C12H18O3S. The lowest BCUT2D eigenvalue weighted by atomic mass is 9.89. The molecule has 0 aliphatic carbocycles. The molecule has 0 aliphatic rings. The summed E-state index contributed by atoms with van der Waals surface area (Å²) < 4.78 is 22.2. The molecule has 0 fully saturated rings. The highest BCUT2D eigenvalue weighted by molar-refractivity contribution is 7.90. The van der Waals surface area contributed by atoms with Crippen LogP contribution in [0.25, 0.3) is 0 Å². The largest absolute Gasteiger partial charge is 0.385 e. The molecule has 1 rings (SSSR count). The third-order valence-electron chi connectivity index (χ3n) is 2.78. The summed E-state index contributed by atoms with van der Waals surface area (Å²) in [4.78, 5) is 0. The summed E-state index contributed by atoms with van der Waals surface area (Å²) >= 11 is 0. The van der Waals surface area contributed by atoms with Crippen molar-refractivity contribution >= 4 is 9.84 Å². The zero-order chi connectivity index (χ0) is 12.2. The van der Waals surface area contributed by atoms with Crippen LogP contribution in [-0.2, 0) is 15.4 Å². The van der Waals surface area contributed by atoms with E-state index in [1.165, 1.54) is 6.26 Å². The minimum Gasteiger partial charge on any atom is -0.385 e. The molecule has 1 atom stereocenters. The van der Waals surface area contributed by atoms with Crippen LogP contribution in [-0.4, -0.2) is 25.5 Å². The Kier molecular flexibility index (Phi) is 4.10. The quantitative estimate of drug-likeness (QED) is 0.855. The molecule has 0 heterocycles. The van der Waals surface area contributed by atoms with E-state index < -0.39 is 15.4 Å². The van der Waals surface area contributed by atoms with Crippen LogP contribution < -0.4 is 0 Å². The molecule has 0 bridgehead atoms. The summed E-state index contributed by atoms with van der Waals surface area (Å²) in [5, 5.41) is 10.4. The topological polar surface area (TPSA) is 54.4 Å². The predicted molar refractivity (Wildman–Crippen MR) is 65.0 cm³/mol. The zero-order valence-electron chi connectivity index (χ0n) is 9.68. The summed E-state index contributed by atoms with van der Waals surface area (Å²) in [6.07, 6.45) is 1.94. The molecule has 0 aliphatic heterocycles. The van der Waals surface area contributed by atoms with E-state index in [4.69, 9.17) is 0 Å². The fourth-order valence-corrected chi connectivity index (χ4v) is 2.34. The molecule has 90 valence electrons. The van der Waals surface area contributed by atoms with Crippen LogP contribution in [0.15, 0.2) is 30.3 Å². The van der Waals surface area contributed by atoms with Gasteiger partial charge in [0.15, 0.2) is 0 Å². The van der Waals surface area contributed by atoms with Crippen molar-refractivity contribution in [2.24, 2.45) is 0 Å². The molecule has 0 spiro atoms. The molecule has 0 saturated heterocycles. The summed E-state index contributed by atoms with van der Waals surface area (Å²) in [6, 6.07) is 9.21. The maximum Gasteiger partial charge on any atom is 0.147 e. The SMILES string of the molecule is CCC(O)(CCS(C)(=O)=O)c1ccccc1. The Morgan fingerprint density at radius 3 is 2.25 bits per heavy atom. The van der Waals surface area contributed by atoms with E-state index in [0.29, 0.717) is 6.42 Å². The number of hydrogen-bond acceptors (Lipinski definition) is 3. The Hall–Kier alpha value is -0.870. The van der Waals surface area contributed by atoms with Crippen LogP contribution in [0.3, 0.4) is 0 Å². The van der Waals surface area contributed by atoms with Crippen molar-refractivity contribution in [1.82, 2.24) is 0 Å². The Bertz CT molecular complexity index is 425. The molecule has 1 aromatic carbocycles. The highest BCUT2D eigenvalue weighted by atomic mass is 32.2. The first-order valence-electron chi connectivity index (χ1n) is 5.33. The van der Waals surface area contributed by atoms with Gasteiger partial charge in [0.1, 0.15) is 9.84 Å². The first-order valence-corrected chi connectivity index (χ1v) is 7.39. The number of rotatable bonds is 5. The van der Waals surface area contributed by atoms with Gasteiger partial charge in [-0.15, -0.1) is 0 Å². The second-order valence-electron chi connectivity index (χ2n) is 4.13. The van der Waals surface area contributed by atoms with E-state index in [2.05, 4.69) is 0 Å². The van der Waals surface area contributed by atoms with Crippen LogP contribution in [0.5, 0.6) is 0 Å². The molecule has 0 radical (unpaired) electrons. The van der Waals surface area contributed by atoms with Gasteiger partial charge in [0, 0.05) is 6.26 Å². The van der Waals surface area contributed by atoms with E-state index in [0.717, 1.165) is 5.56 Å². The van der Waals surface area contributed by atoms with Crippen molar-refractivity contribution in [1.29, 1.82) is 0 Å². The lowest BCUT2D eigenvalue weighted by Gasteiger charge is -2.27. The summed E-state index contributed by atoms with van der Waals surface area (Å²) in [6.45, 7) is 1.86. The molecule has 3 nitrogen and oxygen atoms in total. The summed E-state index contributed by atoms with van der Waals surface area (Å²) in [5.41, 5.74) is -0.259. The number of benzene rings is 1. The Morgan fingerprint density at radius 1 is 1.25 bits per heavy atom. The predicted octanol–water partition coefficient (Wildman–Crippen LogP) is 1.72. The van der Waals surface area contributed by atoms with Crippen LogP contribution in [0, 0.1) is 0 Å². The van der Waals surface area contributed by atoms with Crippen LogP contribution >= 0.6 is 0 Å². The van der Waals surface area contributed by atoms with E-state index in [9.17, 15) is 13.5 Å². The maximum atomic E-state index is 11.1. The van der Waals surface area contributed by atoms with E-state index in [1.54, 1.807) is 0 Å². The summed E-state index contributed by atoms with van der Waals surface area (Å²) in [5.74, 6) is 0.00618. The average Bonchev–Trinajstić information content (AvgIpc) is 2.26. The van der Waals surface area contributed by atoms with Gasteiger partial charge in [-0.25, -0.2) is 8.42 Å². The van der Waals surface area contributed by atoms with Crippen LogP contribution in [0.1, 0.15) is 25.3 Å². The highest BCUT2D eigenvalue weighted by Crippen LogP contribution is 2.28. The first kappa shape index (κ1) is 13.2. The van der Waals surface area contributed by atoms with Gasteiger partial charge in [0.2, 0.25) is 0 Å². The van der Waals surface area contributed by atoms with Gasteiger partial charge in [-0.1, -0.05) is 37.3 Å². The summed E-state index contributed by atoms with van der Waals surface area (Å²) in [7, 11) is -3.04. The number of hydrogen-bond donors (Lipinski definition) is 1. The van der Waals surface area contributed by atoms with E-state index in [1.807, 2.05) is 37.3 Å². The minimum atomic E-state index is -3.04. The minimum absolute atomic E-state index is 0.00618. The average molecular weight is 242 g/mol. The Balaban J connectivity index is 2.87. The molecule has 0 aromatic heterocycles. The standard InChI is InChI=1S/C12H18O3S/c1-3-12(13,9-10-16(2,14)15)11-7-5-4-6-8-11/h4-8,13H,3,9-10H2,1-2H3. The van der Waals surface area contributed by atoms with Gasteiger partial charge in [-0.05, 0) is 18.4 Å². The molecule has 1 aromatic rings. The number of sulfone groups is 1. The van der Waals surface area contributed by atoms with Gasteiger partial charge in [-0.2, -0.15) is 0 Å². The van der Waals surface area contributed by atoms with Crippen molar-refractivity contribution in [3.8, 4) is 0 Å². The second-order valence-corrected chi connectivity index (χ2v) is 6.39. The van der Waals surface area contributed by atoms with Crippen molar-refractivity contribution in [2.45, 2.75) is 25.4 Å². The van der Waals surface area contributed by atoms with Gasteiger partial charge in [0.05, 0.1) is 11.4 Å². The van der Waals surface area contributed by atoms with Crippen molar-refractivity contribution in [2.75, 3.05) is 12.0 Å². The van der Waals surface area contributed by atoms with Gasteiger partial charge in [-0.3, -0.25) is 0 Å². The second kappa shape index (κ2) is 4.97. The molecule has 16 heavy (non-hydrogen) atoms. The van der Waals surface area contributed by atoms with Gasteiger partial charge >= 0.3 is 0 Å². The van der Waals surface area contributed by atoms with Crippen molar-refractivity contribution in [3.63, 3.8) is 0 Å². The zero-order valence-corrected chi connectivity index (χ0v) is 10.5. The van der Waals surface area contributed by atoms with Crippen molar-refractivity contribution in [3.05, 3.63) is 35.9 Å². The van der Waals surface area contributed by atoms with E-state index in [-0.39, 0.29) is 12.2 Å². The Morgan fingerprint density at radius 2 is 1.81 bits per heavy atom. The monoisotopic (exact) mass is 242 g/mol. The number of aliphatic hydroxyl groups is 1. The van der Waals surface area contributed by atoms with Crippen LogP contribution in [0.2, 0.25) is 0 Å². The lowest BCUT2D eigenvalue weighted by Crippen LogP contribution is -2.27. The molecule has 4 heteroatoms. The van der Waals surface area contributed by atoms with Crippen LogP contribution in [0.4, 0.5) is 0 Å². The first-order chi connectivity index (χ1) is 7.37. The molecule has 1 unspecified atom stereocenters. The third kappa shape index (κ3) is 3.61. The molecular weight excluding hydrogens is 224 g/mol. The van der Waals surface area contributed by atoms with Crippen molar-refractivity contribution < 1.29 is 13.5 Å². The molecule has 0 amide bonds. The normalized spacial score (nSPS) is 15.7. The highest BCUT2D eigenvalue weighted by Gasteiger charge is 2.27. The van der Waals surface area contributed by atoms with Gasteiger partial charge in [0.25, 0.3) is 0 Å². The Labute approximate surface area is 97.0 Å².